The van der Waals surface area contributed by atoms with Gasteiger partial charge in [-0.2, -0.15) is 0 Å². The first kappa shape index (κ1) is 13.8. The zero-order chi connectivity index (χ0) is 14.5. The number of benzene rings is 2. The van der Waals surface area contributed by atoms with Crippen LogP contribution in [0.25, 0.3) is 0 Å². The summed E-state index contributed by atoms with van der Waals surface area (Å²) in [5, 5.41) is 3.40. The zero-order valence-electron chi connectivity index (χ0n) is 11.9. The largest absolute Gasteiger partial charge is 0.492 e. The van der Waals surface area contributed by atoms with Crippen molar-refractivity contribution in [2.45, 2.75) is 18.9 Å². The van der Waals surface area contributed by atoms with Crippen LogP contribution in [0.5, 0.6) is 5.75 Å². The molecule has 1 N–H and O–H groups in total. The number of ketones is 1. The molecule has 0 aromatic heterocycles. The van der Waals surface area contributed by atoms with Crippen LogP contribution in [0.4, 0.5) is 0 Å². The Morgan fingerprint density at radius 3 is 2.43 bits per heavy atom. The third-order valence-corrected chi connectivity index (χ3v) is 3.77. The van der Waals surface area contributed by atoms with Gasteiger partial charge < -0.3 is 10.1 Å². The minimum atomic E-state index is 0.0413. The Kier molecular flexibility index (Phi) is 4.31. The molecule has 3 nitrogen and oxygen atoms in total. The molecule has 2 aromatic rings. The summed E-state index contributed by atoms with van der Waals surface area (Å²) in [6.07, 6.45) is 2.39. The topological polar surface area (TPSA) is 38.3 Å². The lowest BCUT2D eigenvalue weighted by atomic mass is 10.0. The summed E-state index contributed by atoms with van der Waals surface area (Å²) in [6, 6.07) is 17.2. The third-order valence-electron chi connectivity index (χ3n) is 3.77. The van der Waals surface area contributed by atoms with E-state index < -0.39 is 0 Å². The molecule has 0 aliphatic carbocycles. The maximum Gasteiger partial charge on any atom is 0.193 e. The summed E-state index contributed by atoms with van der Waals surface area (Å²) in [5.41, 5.74) is 1.40. The van der Waals surface area contributed by atoms with Crippen molar-refractivity contribution in [2.24, 2.45) is 0 Å². The van der Waals surface area contributed by atoms with Gasteiger partial charge in [0.15, 0.2) is 5.78 Å². The number of carbonyl (C=O) groups excluding carboxylic acids is 1. The summed E-state index contributed by atoms with van der Waals surface area (Å²) in [7, 11) is 0. The summed E-state index contributed by atoms with van der Waals surface area (Å²) in [6.45, 7) is 1.77. The van der Waals surface area contributed by atoms with Gasteiger partial charge in [0, 0.05) is 17.2 Å². The standard InChI is InChI=1S/C18H19NO2/c20-18(14-5-2-1-3-6-14)15-8-10-17(11-9-15)21-13-16-7-4-12-19-16/h1-3,5-6,8-11,16,19H,4,7,12-13H2. The Balaban J connectivity index is 1.62. The lowest BCUT2D eigenvalue weighted by molar-refractivity contribution is 0.103. The monoisotopic (exact) mass is 281 g/mol. The van der Waals surface area contributed by atoms with E-state index in [0.717, 1.165) is 12.3 Å². The molecular formula is C18H19NO2. The molecule has 1 atom stereocenters. The number of hydrogen-bond acceptors (Lipinski definition) is 3. The first-order valence-electron chi connectivity index (χ1n) is 7.39. The van der Waals surface area contributed by atoms with Crippen LogP contribution in [0.1, 0.15) is 28.8 Å². The molecule has 21 heavy (non-hydrogen) atoms. The van der Waals surface area contributed by atoms with Gasteiger partial charge >= 0.3 is 0 Å². The quantitative estimate of drug-likeness (QED) is 0.856. The van der Waals surface area contributed by atoms with Crippen LogP contribution < -0.4 is 10.1 Å². The summed E-state index contributed by atoms with van der Waals surface area (Å²) < 4.78 is 5.76. The maximum absolute atomic E-state index is 12.3. The van der Waals surface area contributed by atoms with E-state index in [1.165, 1.54) is 12.8 Å². The number of nitrogens with one attached hydrogen (secondary N) is 1. The van der Waals surface area contributed by atoms with Gasteiger partial charge in [-0.1, -0.05) is 30.3 Å². The van der Waals surface area contributed by atoms with Crippen LogP contribution in [0.2, 0.25) is 0 Å². The molecule has 3 rings (SSSR count). The van der Waals surface area contributed by atoms with E-state index in [1.54, 1.807) is 0 Å². The maximum atomic E-state index is 12.3. The van der Waals surface area contributed by atoms with Gasteiger partial charge in [-0.15, -0.1) is 0 Å². The highest BCUT2D eigenvalue weighted by Gasteiger charge is 2.14. The van der Waals surface area contributed by atoms with Crippen LogP contribution in [-0.2, 0) is 0 Å². The van der Waals surface area contributed by atoms with Gasteiger partial charge in [-0.05, 0) is 43.7 Å². The molecule has 0 spiro atoms. The molecule has 0 bridgehead atoms. The number of ether oxygens (including phenoxy) is 1. The molecule has 1 fully saturated rings. The van der Waals surface area contributed by atoms with Crippen LogP contribution in [-0.4, -0.2) is 25.0 Å². The van der Waals surface area contributed by atoms with E-state index in [2.05, 4.69) is 5.32 Å². The molecule has 1 aliphatic heterocycles. The van der Waals surface area contributed by atoms with Gasteiger partial charge in [0.05, 0.1) is 0 Å². The first-order valence-corrected chi connectivity index (χ1v) is 7.39. The normalized spacial score (nSPS) is 17.6. The fraction of sp³-hybridized carbons (Fsp3) is 0.278. The van der Waals surface area contributed by atoms with Crippen molar-refractivity contribution in [1.29, 1.82) is 0 Å². The molecular weight excluding hydrogens is 262 g/mol. The number of carbonyl (C=O) groups is 1. The predicted molar refractivity (Wildman–Crippen MR) is 82.8 cm³/mol. The average Bonchev–Trinajstić information content (AvgIpc) is 3.07. The Hall–Kier alpha value is -2.13. The molecule has 0 radical (unpaired) electrons. The van der Waals surface area contributed by atoms with Gasteiger partial charge in [-0.3, -0.25) is 4.79 Å². The third kappa shape index (κ3) is 3.50. The SMILES string of the molecule is O=C(c1ccccc1)c1ccc(OCC2CCCN2)cc1. The van der Waals surface area contributed by atoms with Gasteiger partial charge in [0.2, 0.25) is 0 Å². The molecule has 0 saturated carbocycles. The van der Waals surface area contributed by atoms with E-state index in [0.29, 0.717) is 23.8 Å². The van der Waals surface area contributed by atoms with E-state index >= 15 is 0 Å². The van der Waals surface area contributed by atoms with Crippen LogP contribution >= 0.6 is 0 Å². The summed E-state index contributed by atoms with van der Waals surface area (Å²) >= 11 is 0. The Morgan fingerprint density at radius 2 is 1.76 bits per heavy atom. The molecule has 1 unspecified atom stereocenters. The second-order valence-corrected chi connectivity index (χ2v) is 5.32. The zero-order valence-corrected chi connectivity index (χ0v) is 11.9. The van der Waals surface area contributed by atoms with Crippen molar-refractivity contribution in [3.8, 4) is 5.75 Å². The first-order chi connectivity index (χ1) is 10.3. The summed E-state index contributed by atoms with van der Waals surface area (Å²) in [5.74, 6) is 0.855. The predicted octanol–water partition coefficient (Wildman–Crippen LogP) is 3.05. The van der Waals surface area contributed by atoms with Crippen LogP contribution in [0.15, 0.2) is 54.6 Å². The molecule has 108 valence electrons. The molecule has 1 saturated heterocycles. The van der Waals surface area contributed by atoms with E-state index in [-0.39, 0.29) is 5.78 Å². The molecule has 1 heterocycles. The van der Waals surface area contributed by atoms with E-state index in [4.69, 9.17) is 4.74 Å². The number of hydrogen-bond donors (Lipinski definition) is 1. The van der Waals surface area contributed by atoms with Gasteiger partial charge in [0.1, 0.15) is 12.4 Å². The Morgan fingerprint density at radius 1 is 1.05 bits per heavy atom. The van der Waals surface area contributed by atoms with Crippen LogP contribution in [0, 0.1) is 0 Å². The second kappa shape index (κ2) is 6.55. The highest BCUT2D eigenvalue weighted by molar-refractivity contribution is 6.08. The summed E-state index contributed by atoms with van der Waals surface area (Å²) in [4.78, 5) is 12.3. The molecule has 2 aromatic carbocycles. The lowest BCUT2D eigenvalue weighted by Crippen LogP contribution is -2.28. The van der Waals surface area contributed by atoms with Crippen molar-refractivity contribution in [3.05, 3.63) is 65.7 Å². The molecule has 0 amide bonds. The second-order valence-electron chi connectivity index (χ2n) is 5.32. The van der Waals surface area contributed by atoms with Crippen molar-refractivity contribution in [2.75, 3.05) is 13.2 Å². The highest BCUT2D eigenvalue weighted by Crippen LogP contribution is 2.16. The van der Waals surface area contributed by atoms with Gasteiger partial charge in [0.25, 0.3) is 0 Å². The fourth-order valence-corrected chi connectivity index (χ4v) is 2.55. The Bertz CT molecular complexity index is 586. The van der Waals surface area contributed by atoms with Gasteiger partial charge in [-0.25, -0.2) is 0 Å². The Labute approximate surface area is 124 Å². The van der Waals surface area contributed by atoms with E-state index in [9.17, 15) is 4.79 Å². The molecule has 3 heteroatoms. The van der Waals surface area contributed by atoms with Crippen LogP contribution in [0.3, 0.4) is 0 Å². The minimum Gasteiger partial charge on any atom is -0.492 e. The smallest absolute Gasteiger partial charge is 0.193 e. The van der Waals surface area contributed by atoms with Crippen molar-refractivity contribution in [3.63, 3.8) is 0 Å². The fourth-order valence-electron chi connectivity index (χ4n) is 2.55. The average molecular weight is 281 g/mol. The highest BCUT2D eigenvalue weighted by atomic mass is 16.5. The van der Waals surface area contributed by atoms with Crippen molar-refractivity contribution >= 4 is 5.78 Å². The van der Waals surface area contributed by atoms with Crippen molar-refractivity contribution in [1.82, 2.24) is 5.32 Å². The minimum absolute atomic E-state index is 0.0413. The lowest BCUT2D eigenvalue weighted by Gasteiger charge is -2.12. The molecule has 1 aliphatic rings. The van der Waals surface area contributed by atoms with Crippen molar-refractivity contribution < 1.29 is 9.53 Å². The number of rotatable bonds is 5. The van der Waals surface area contributed by atoms with E-state index in [1.807, 2.05) is 54.6 Å².